The van der Waals surface area contributed by atoms with Crippen molar-refractivity contribution in [3.63, 3.8) is 0 Å². The summed E-state index contributed by atoms with van der Waals surface area (Å²) in [7, 11) is 0. The van der Waals surface area contributed by atoms with E-state index in [1.54, 1.807) is 12.1 Å². The van der Waals surface area contributed by atoms with Crippen LogP contribution in [0.3, 0.4) is 0 Å². The molecular weight excluding hydrogens is 520 g/mol. The molecule has 0 saturated heterocycles. The van der Waals surface area contributed by atoms with Crippen LogP contribution in [0.25, 0.3) is 11.0 Å². The fourth-order valence-electron chi connectivity index (χ4n) is 1.30. The Hall–Kier alpha value is -1.18. The van der Waals surface area contributed by atoms with Gasteiger partial charge in [-0.3, -0.25) is 0 Å². The topological polar surface area (TPSA) is 159 Å². The van der Waals surface area contributed by atoms with Gasteiger partial charge in [-0.15, -0.1) is 4.91 Å². The number of hydrogen-bond acceptors (Lipinski definition) is 7. The molecule has 0 radical (unpaired) electrons. The van der Waals surface area contributed by atoms with E-state index < -0.39 is 0 Å². The molecule has 11 heteroatoms. The molecule has 0 aliphatic heterocycles. The van der Waals surface area contributed by atoms with Crippen LogP contribution in [0.5, 0.6) is 5.75 Å². The molecule has 0 atom stereocenters. The van der Waals surface area contributed by atoms with Crippen molar-refractivity contribution in [2.24, 2.45) is 5.34 Å². The molecule has 8 nitrogen and oxygen atoms in total. The van der Waals surface area contributed by atoms with Gasteiger partial charge >= 0.3 is 26.7 Å². The van der Waals surface area contributed by atoms with E-state index in [4.69, 9.17) is 19.3 Å². The van der Waals surface area contributed by atoms with Crippen molar-refractivity contribution >= 4 is 11.0 Å². The minimum absolute atomic E-state index is 0. The van der Waals surface area contributed by atoms with Crippen molar-refractivity contribution in [1.82, 2.24) is 12.3 Å². The number of rotatable bonds is 2. The molecule has 2 rings (SSSR count). The first-order valence-electron chi connectivity index (χ1n) is 4.84. The average molecular weight is 537 g/mol. The second-order valence-corrected chi connectivity index (χ2v) is 2.97. The van der Waals surface area contributed by atoms with Crippen molar-refractivity contribution in [1.29, 1.82) is 0 Å². The molecule has 0 aliphatic rings. The van der Waals surface area contributed by atoms with Gasteiger partial charge in [0.1, 0.15) is 11.3 Å². The Morgan fingerprint density at radius 3 is 2.18 bits per heavy atom. The maximum Gasteiger partial charge on any atom is 4.00 e. The third kappa shape index (κ3) is 10.5. The predicted octanol–water partition coefficient (Wildman–Crippen LogP) is -3.34. The fraction of sp³-hybridized carbons (Fsp3) is 0.182. The van der Waals surface area contributed by atoms with Gasteiger partial charge in [0.15, 0.2) is 5.34 Å². The van der Waals surface area contributed by atoms with Crippen LogP contribution in [0.4, 0.5) is 0 Å². The minimum Gasteiger partial charge on any atom is -1.00 e. The Labute approximate surface area is 153 Å². The fourth-order valence-corrected chi connectivity index (χ4v) is 1.30. The van der Waals surface area contributed by atoms with Gasteiger partial charge < -0.3 is 51.5 Å². The number of benzene rings is 1. The van der Waals surface area contributed by atoms with Gasteiger partial charge in [-0.05, 0) is 25.1 Å². The Morgan fingerprint density at radius 1 is 1.18 bits per heavy atom. The number of nitrogens with zero attached hydrogens (tertiary/aromatic N) is 1. The van der Waals surface area contributed by atoms with Crippen molar-refractivity contribution in [3.05, 3.63) is 45.7 Å². The molecular formula is C11H17Cl2N3O5Pt+2. The molecule has 0 aliphatic carbocycles. The summed E-state index contributed by atoms with van der Waals surface area (Å²) < 4.78 is 10.3. The smallest absolute Gasteiger partial charge is 1.00 e. The quantitative estimate of drug-likeness (QED) is 0.205. The van der Waals surface area contributed by atoms with E-state index in [9.17, 15) is 4.79 Å². The zero-order chi connectivity index (χ0) is 12.7. The second kappa shape index (κ2) is 17.9. The second-order valence-electron chi connectivity index (χ2n) is 2.97. The van der Waals surface area contributed by atoms with E-state index in [2.05, 4.69) is 0 Å². The van der Waals surface area contributed by atoms with E-state index in [-0.39, 0.29) is 63.8 Å². The van der Waals surface area contributed by atoms with E-state index in [0.29, 0.717) is 17.9 Å². The number of fused-ring (bicyclic) bond motifs is 1. The molecule has 0 bridgehead atoms. The van der Waals surface area contributed by atoms with Gasteiger partial charge in [0.05, 0.1) is 6.61 Å². The number of hydrogen-bond donors (Lipinski definition) is 3. The third-order valence-corrected chi connectivity index (χ3v) is 1.91. The maximum atomic E-state index is 10.9. The van der Waals surface area contributed by atoms with Gasteiger partial charge in [-0.25, -0.2) is 4.79 Å². The summed E-state index contributed by atoms with van der Waals surface area (Å²) in [5.74, 6) is 0.717. The van der Waals surface area contributed by atoms with Gasteiger partial charge in [0.25, 0.3) is 0 Å². The Balaban J connectivity index is -0.000000112. The molecule has 0 spiro atoms. The molecule has 128 valence electrons. The third-order valence-electron chi connectivity index (χ3n) is 1.91. The molecule has 22 heavy (non-hydrogen) atoms. The van der Waals surface area contributed by atoms with Crippen molar-refractivity contribution in [2.75, 3.05) is 6.61 Å². The van der Waals surface area contributed by atoms with Crippen LogP contribution in [-0.4, -0.2) is 11.8 Å². The number of ether oxygens (including phenoxy) is 1. The van der Waals surface area contributed by atoms with Crippen molar-refractivity contribution < 1.29 is 60.2 Å². The molecule has 2 aromatic rings. The summed E-state index contributed by atoms with van der Waals surface area (Å²) >= 11 is 0. The minimum atomic E-state index is -0.342. The van der Waals surface area contributed by atoms with E-state index >= 15 is 0 Å². The summed E-state index contributed by atoms with van der Waals surface area (Å²) in [5, 5.41) is 8.79. The summed E-state index contributed by atoms with van der Waals surface area (Å²) in [5.41, 5.74) is 0.217. The molecule has 0 saturated carbocycles. The first kappa shape index (κ1) is 32.7. The molecule has 1 aromatic heterocycles. The van der Waals surface area contributed by atoms with Crippen molar-refractivity contribution in [3.8, 4) is 5.75 Å². The van der Waals surface area contributed by atoms with Crippen LogP contribution in [0.15, 0.2) is 44.9 Å². The molecule has 0 amide bonds. The molecule has 0 unspecified atom stereocenters. The molecule has 0 fully saturated rings. The van der Waals surface area contributed by atoms with Crippen LogP contribution in [0.1, 0.15) is 6.92 Å². The van der Waals surface area contributed by atoms with Crippen molar-refractivity contribution in [2.45, 2.75) is 6.92 Å². The Bertz CT molecular complexity index is 571. The average Bonchev–Trinajstić information content (AvgIpc) is 2.30. The summed E-state index contributed by atoms with van der Waals surface area (Å²) in [6, 6.07) is 8.58. The summed E-state index contributed by atoms with van der Waals surface area (Å²) in [6.45, 7) is 2.51. The van der Waals surface area contributed by atoms with Gasteiger partial charge in [0.2, 0.25) is 0 Å². The van der Waals surface area contributed by atoms with E-state index in [0.717, 1.165) is 5.39 Å². The predicted molar refractivity (Wildman–Crippen MR) is 71.3 cm³/mol. The van der Waals surface area contributed by atoms with E-state index in [1.807, 2.05) is 19.1 Å². The van der Waals surface area contributed by atoms with Crippen LogP contribution < -0.4 is 47.5 Å². The standard InChI is InChI=1S/C11H10O3.2ClH.HNO2.2H3N.Pt/c1-2-13-9-5-3-8-4-6-11(12)14-10(8)7-9;;;2-1-3;;;/h3-7H,2H2,1H3;2*1H;(H,2,3);2*1H3;/q;;;;;;+4/p-2. The molecule has 1 aromatic carbocycles. The summed E-state index contributed by atoms with van der Waals surface area (Å²) in [4.78, 5) is 19.1. The zero-order valence-electron chi connectivity index (χ0n) is 11.6. The zero-order valence-corrected chi connectivity index (χ0v) is 15.4. The van der Waals surface area contributed by atoms with Gasteiger partial charge in [-0.1, -0.05) is 0 Å². The van der Waals surface area contributed by atoms with Crippen LogP contribution >= 0.6 is 0 Å². The molecule has 7 N–H and O–H groups in total. The number of halogens is 2. The Kier molecular flexibility index (Phi) is 26.5. The van der Waals surface area contributed by atoms with Crippen LogP contribution in [0, 0.1) is 4.91 Å². The summed E-state index contributed by atoms with van der Waals surface area (Å²) in [6.07, 6.45) is 0. The van der Waals surface area contributed by atoms with E-state index in [1.165, 1.54) is 11.4 Å². The van der Waals surface area contributed by atoms with Crippen LogP contribution in [0.2, 0.25) is 0 Å². The van der Waals surface area contributed by atoms with Crippen LogP contribution in [-0.2, 0) is 21.1 Å². The monoisotopic (exact) mass is 536 g/mol. The SMILES string of the molecule is CCOc1ccc2ccc(=O)oc2c1.N.N.O=NO.[Cl-].[Cl-].[Pt+4]. The maximum absolute atomic E-state index is 10.9. The first-order valence-corrected chi connectivity index (χ1v) is 4.84. The molecule has 1 heterocycles. The largest absolute Gasteiger partial charge is 4.00 e. The normalized spacial score (nSPS) is 7.14. The first-order chi connectivity index (χ1) is 8.21. The Morgan fingerprint density at radius 2 is 1.68 bits per heavy atom. The van der Waals surface area contributed by atoms with Gasteiger partial charge in [-0.2, -0.15) is 0 Å². The van der Waals surface area contributed by atoms with Gasteiger partial charge in [0, 0.05) is 17.5 Å².